The molecular weight excluding hydrogens is 416 g/mol. The number of piperazine rings is 1. The van der Waals surface area contributed by atoms with Crippen molar-refractivity contribution in [1.82, 2.24) is 19.8 Å². The van der Waals surface area contributed by atoms with E-state index in [0.717, 1.165) is 73.8 Å². The van der Waals surface area contributed by atoms with Gasteiger partial charge in [0, 0.05) is 61.3 Å². The molecule has 1 amide bonds. The van der Waals surface area contributed by atoms with E-state index >= 15 is 0 Å². The maximum absolute atomic E-state index is 12.9. The Kier molecular flexibility index (Phi) is 6.01. The molecule has 2 aromatic heterocycles. The number of aromatic nitrogens is 2. The van der Waals surface area contributed by atoms with E-state index in [9.17, 15) is 4.79 Å². The van der Waals surface area contributed by atoms with E-state index < -0.39 is 0 Å². The van der Waals surface area contributed by atoms with Crippen LogP contribution in [0.5, 0.6) is 5.88 Å². The summed E-state index contributed by atoms with van der Waals surface area (Å²) in [5.74, 6) is 1.84. The molecule has 0 bridgehead atoms. The average Bonchev–Trinajstić information content (AvgIpc) is 3.44. The van der Waals surface area contributed by atoms with Crippen LogP contribution in [-0.4, -0.2) is 83.3 Å². The van der Waals surface area contributed by atoms with E-state index in [1.807, 2.05) is 43.3 Å². The van der Waals surface area contributed by atoms with Crippen LogP contribution in [0.2, 0.25) is 0 Å². The van der Waals surface area contributed by atoms with Gasteiger partial charge in [0.05, 0.1) is 24.4 Å². The Bertz CT molecular complexity index is 1060. The summed E-state index contributed by atoms with van der Waals surface area (Å²) < 4.78 is 5.79. The number of hydrogen-bond acceptors (Lipinski definition) is 7. The van der Waals surface area contributed by atoms with Crippen LogP contribution < -0.4 is 9.64 Å². The fourth-order valence-corrected chi connectivity index (χ4v) is 4.94. The van der Waals surface area contributed by atoms with Crippen LogP contribution in [0.25, 0.3) is 0 Å². The van der Waals surface area contributed by atoms with E-state index in [1.165, 1.54) is 0 Å². The third-order valence-corrected chi connectivity index (χ3v) is 6.72. The van der Waals surface area contributed by atoms with E-state index in [1.54, 1.807) is 0 Å². The number of likely N-dealkylation sites (N-methyl/N-ethyl adjacent to an activating group) is 1. The van der Waals surface area contributed by atoms with Crippen molar-refractivity contribution in [3.05, 3.63) is 47.3 Å². The topological polar surface area (TPSA) is 74.2 Å². The number of rotatable bonds is 5. The predicted molar refractivity (Wildman–Crippen MR) is 128 cm³/mol. The summed E-state index contributed by atoms with van der Waals surface area (Å²) in [6.07, 6.45) is 5.87. The van der Waals surface area contributed by atoms with Crippen LogP contribution >= 0.6 is 0 Å². The van der Waals surface area contributed by atoms with Gasteiger partial charge in [-0.1, -0.05) is 0 Å². The van der Waals surface area contributed by atoms with Gasteiger partial charge < -0.3 is 14.5 Å². The standard InChI is InChI=1S/C25H32N6O2/c1-17(2)33-23-14-20-19(15-27-23)16-28-24(20)18-6-7-26-22(13-18)30-9-11-31(12-10-30)25(32)21-5-4-8-29(21)3/h6-7,13-15,17,21H,4-5,8-12,16H2,1-3H3. The molecule has 2 saturated heterocycles. The molecule has 0 radical (unpaired) electrons. The summed E-state index contributed by atoms with van der Waals surface area (Å²) in [7, 11) is 2.05. The molecule has 0 aliphatic carbocycles. The fourth-order valence-electron chi connectivity index (χ4n) is 4.94. The number of fused-ring (bicyclic) bond motifs is 1. The number of hydrogen-bond donors (Lipinski definition) is 0. The lowest BCUT2D eigenvalue weighted by atomic mass is 10.0. The molecule has 0 aromatic carbocycles. The zero-order valence-corrected chi connectivity index (χ0v) is 19.7. The quantitative estimate of drug-likeness (QED) is 0.699. The minimum absolute atomic E-state index is 0.0532. The SMILES string of the molecule is CC(C)Oc1cc2c(cn1)CN=C2c1ccnc(N2CCN(C(=O)C3CCCN3C)CC2)c1. The van der Waals surface area contributed by atoms with Crippen molar-refractivity contribution >= 4 is 17.4 Å². The zero-order chi connectivity index (χ0) is 22.9. The van der Waals surface area contributed by atoms with Crippen molar-refractivity contribution in [1.29, 1.82) is 0 Å². The number of ether oxygens (including phenoxy) is 1. The molecule has 1 unspecified atom stereocenters. The number of likely N-dealkylation sites (tertiary alicyclic amines) is 1. The molecular formula is C25H32N6O2. The van der Waals surface area contributed by atoms with Crippen LogP contribution in [0.1, 0.15) is 43.4 Å². The second kappa shape index (κ2) is 9.09. The second-order valence-electron chi connectivity index (χ2n) is 9.36. The second-order valence-corrected chi connectivity index (χ2v) is 9.36. The number of pyridine rings is 2. The van der Waals surface area contributed by atoms with Crippen LogP contribution in [0.15, 0.2) is 35.6 Å². The Morgan fingerprint density at radius 1 is 1.12 bits per heavy atom. The summed E-state index contributed by atoms with van der Waals surface area (Å²) in [6.45, 7) is 8.70. The van der Waals surface area contributed by atoms with E-state index in [4.69, 9.17) is 9.73 Å². The molecule has 0 spiro atoms. The van der Waals surface area contributed by atoms with Crippen molar-refractivity contribution in [2.24, 2.45) is 4.99 Å². The van der Waals surface area contributed by atoms with Crippen molar-refractivity contribution in [3.8, 4) is 5.88 Å². The third-order valence-electron chi connectivity index (χ3n) is 6.72. The number of aliphatic imine (C=N–C) groups is 1. The van der Waals surface area contributed by atoms with Gasteiger partial charge in [0.25, 0.3) is 0 Å². The van der Waals surface area contributed by atoms with Crippen LogP contribution in [0.4, 0.5) is 5.82 Å². The molecule has 0 saturated carbocycles. The highest BCUT2D eigenvalue weighted by Crippen LogP contribution is 2.27. The van der Waals surface area contributed by atoms with Gasteiger partial charge in [0.1, 0.15) is 5.82 Å². The van der Waals surface area contributed by atoms with Gasteiger partial charge in [-0.05, 0) is 52.4 Å². The van der Waals surface area contributed by atoms with Crippen LogP contribution in [0.3, 0.4) is 0 Å². The van der Waals surface area contributed by atoms with Crippen molar-refractivity contribution < 1.29 is 9.53 Å². The van der Waals surface area contributed by atoms with Crippen LogP contribution in [-0.2, 0) is 11.3 Å². The lowest BCUT2D eigenvalue weighted by molar-refractivity contribution is -0.135. The van der Waals surface area contributed by atoms with Gasteiger partial charge in [-0.25, -0.2) is 9.97 Å². The van der Waals surface area contributed by atoms with Crippen molar-refractivity contribution in [2.75, 3.05) is 44.7 Å². The van der Waals surface area contributed by atoms with Crippen molar-refractivity contribution in [2.45, 2.75) is 45.4 Å². The van der Waals surface area contributed by atoms with Gasteiger partial charge in [0.15, 0.2) is 0 Å². The van der Waals surface area contributed by atoms with Gasteiger partial charge in [-0.15, -0.1) is 0 Å². The maximum Gasteiger partial charge on any atom is 0.240 e. The molecule has 5 rings (SSSR count). The molecule has 2 aromatic rings. The number of carbonyl (C=O) groups excluding carboxylic acids is 1. The molecule has 3 aliphatic rings. The molecule has 2 fully saturated rings. The zero-order valence-electron chi connectivity index (χ0n) is 19.7. The van der Waals surface area contributed by atoms with E-state index in [0.29, 0.717) is 12.4 Å². The Labute approximate surface area is 195 Å². The van der Waals surface area contributed by atoms with Gasteiger partial charge in [0.2, 0.25) is 11.8 Å². The lowest BCUT2D eigenvalue weighted by Gasteiger charge is -2.37. The Balaban J connectivity index is 1.28. The molecule has 174 valence electrons. The highest BCUT2D eigenvalue weighted by molar-refractivity contribution is 6.15. The fraction of sp³-hybridized carbons (Fsp3) is 0.520. The van der Waals surface area contributed by atoms with Crippen molar-refractivity contribution in [3.63, 3.8) is 0 Å². The number of nitrogens with zero attached hydrogens (tertiary/aromatic N) is 6. The molecule has 1 atom stereocenters. The first kappa shape index (κ1) is 21.8. The first-order valence-corrected chi connectivity index (χ1v) is 11.9. The Morgan fingerprint density at radius 2 is 1.94 bits per heavy atom. The minimum atomic E-state index is 0.0532. The Hall–Kier alpha value is -3.00. The van der Waals surface area contributed by atoms with Gasteiger partial charge in [-0.3, -0.25) is 14.7 Å². The molecule has 5 heterocycles. The summed E-state index contributed by atoms with van der Waals surface area (Å²) in [6, 6.07) is 6.17. The molecule has 8 heteroatoms. The number of carbonyl (C=O) groups is 1. The molecule has 8 nitrogen and oxygen atoms in total. The van der Waals surface area contributed by atoms with Gasteiger partial charge >= 0.3 is 0 Å². The molecule has 33 heavy (non-hydrogen) atoms. The Morgan fingerprint density at radius 3 is 2.67 bits per heavy atom. The first-order valence-electron chi connectivity index (χ1n) is 11.9. The predicted octanol–water partition coefficient (Wildman–Crippen LogP) is 2.36. The third kappa shape index (κ3) is 4.44. The maximum atomic E-state index is 12.9. The largest absolute Gasteiger partial charge is 0.475 e. The normalized spacial score (nSPS) is 20.8. The number of anilines is 1. The van der Waals surface area contributed by atoms with E-state index in [-0.39, 0.29) is 18.1 Å². The molecule has 0 N–H and O–H groups in total. The smallest absolute Gasteiger partial charge is 0.240 e. The summed E-state index contributed by atoms with van der Waals surface area (Å²) in [5.41, 5.74) is 4.20. The van der Waals surface area contributed by atoms with E-state index in [2.05, 4.69) is 32.9 Å². The molecule has 3 aliphatic heterocycles. The summed E-state index contributed by atoms with van der Waals surface area (Å²) in [4.78, 5) is 33.2. The summed E-state index contributed by atoms with van der Waals surface area (Å²) >= 11 is 0. The highest BCUT2D eigenvalue weighted by Gasteiger charge is 2.33. The first-order chi connectivity index (χ1) is 16.0. The number of amides is 1. The summed E-state index contributed by atoms with van der Waals surface area (Å²) in [5, 5.41) is 0. The average molecular weight is 449 g/mol. The minimum Gasteiger partial charge on any atom is -0.475 e. The van der Waals surface area contributed by atoms with Gasteiger partial charge in [-0.2, -0.15) is 0 Å². The van der Waals surface area contributed by atoms with Crippen LogP contribution in [0, 0.1) is 0 Å². The highest BCUT2D eigenvalue weighted by atomic mass is 16.5. The monoisotopic (exact) mass is 448 g/mol. The lowest BCUT2D eigenvalue weighted by Crippen LogP contribution is -2.53.